The topological polar surface area (TPSA) is 105 Å². The number of amides is 1. The van der Waals surface area contributed by atoms with Gasteiger partial charge in [0, 0.05) is 6.42 Å². The number of hydrogen-bond acceptors (Lipinski definition) is 5. The van der Waals surface area contributed by atoms with Gasteiger partial charge in [-0.05, 0) is 12.8 Å². The molecule has 1 amide bonds. The molecule has 0 rings (SSSR count). The van der Waals surface area contributed by atoms with E-state index in [1.165, 1.54) is 161 Å². The second-order valence-corrected chi connectivity index (χ2v) is 18.6. The molecule has 0 heterocycles. The van der Waals surface area contributed by atoms with Gasteiger partial charge in [-0.3, -0.25) is 13.8 Å². The van der Waals surface area contributed by atoms with Gasteiger partial charge in [-0.1, -0.05) is 206 Å². The van der Waals surface area contributed by atoms with Crippen molar-refractivity contribution in [1.82, 2.24) is 5.32 Å². The molecule has 318 valence electrons. The van der Waals surface area contributed by atoms with E-state index in [1.54, 1.807) is 0 Å². The van der Waals surface area contributed by atoms with E-state index in [0.717, 1.165) is 38.5 Å². The molecule has 3 atom stereocenters. The minimum absolute atomic E-state index is 0.0785. The van der Waals surface area contributed by atoms with Crippen molar-refractivity contribution < 1.29 is 32.9 Å². The molecule has 0 aromatic carbocycles. The van der Waals surface area contributed by atoms with Crippen molar-refractivity contribution in [3.8, 4) is 0 Å². The van der Waals surface area contributed by atoms with Gasteiger partial charge in [0.25, 0.3) is 0 Å². The first-order valence-corrected chi connectivity index (χ1v) is 24.4. The number of phosphoric ester groups is 1. The van der Waals surface area contributed by atoms with E-state index >= 15 is 0 Å². The second kappa shape index (κ2) is 37.1. The van der Waals surface area contributed by atoms with E-state index in [1.807, 2.05) is 21.1 Å². The summed E-state index contributed by atoms with van der Waals surface area (Å²) in [4.78, 5) is 23.1. The largest absolute Gasteiger partial charge is 0.472 e. The van der Waals surface area contributed by atoms with Crippen molar-refractivity contribution in [2.45, 2.75) is 238 Å². The van der Waals surface area contributed by atoms with Gasteiger partial charge in [-0.25, -0.2) is 4.57 Å². The van der Waals surface area contributed by atoms with Crippen LogP contribution in [0.4, 0.5) is 0 Å². The molecule has 9 heteroatoms. The Hall–Kier alpha value is -0.500. The van der Waals surface area contributed by atoms with Gasteiger partial charge < -0.3 is 19.8 Å². The Morgan fingerprint density at radius 2 is 0.906 bits per heavy atom. The number of carbonyl (C=O) groups is 1. The molecule has 53 heavy (non-hydrogen) atoms. The summed E-state index contributed by atoms with van der Waals surface area (Å²) in [5, 5.41) is 14.0. The molecule has 0 radical (unpaired) electrons. The van der Waals surface area contributed by atoms with Crippen LogP contribution in [0.3, 0.4) is 0 Å². The average Bonchev–Trinajstić information content (AvgIpc) is 3.10. The minimum Gasteiger partial charge on any atom is -0.391 e. The SMILES string of the molecule is CCCCCCCCCCCCCCCCCCCCCC(O)C(COP(=O)(O)OCC[N+](C)(C)C)NC(=O)CCCCCCCCCCCCCC. The smallest absolute Gasteiger partial charge is 0.391 e. The highest BCUT2D eigenvalue weighted by molar-refractivity contribution is 7.47. The lowest BCUT2D eigenvalue weighted by Crippen LogP contribution is -2.46. The zero-order valence-corrected chi connectivity index (χ0v) is 36.9. The van der Waals surface area contributed by atoms with Gasteiger partial charge in [-0.2, -0.15) is 0 Å². The van der Waals surface area contributed by atoms with Crippen molar-refractivity contribution >= 4 is 13.7 Å². The van der Waals surface area contributed by atoms with E-state index in [4.69, 9.17) is 9.05 Å². The molecule has 0 bridgehead atoms. The molecular weight excluding hydrogens is 683 g/mol. The lowest BCUT2D eigenvalue weighted by molar-refractivity contribution is -0.870. The van der Waals surface area contributed by atoms with E-state index in [0.29, 0.717) is 23.9 Å². The van der Waals surface area contributed by atoms with Crippen LogP contribution in [0.2, 0.25) is 0 Å². The number of nitrogens with zero attached hydrogens (tertiary/aromatic N) is 1. The zero-order chi connectivity index (χ0) is 39.3. The molecule has 0 aromatic rings. The van der Waals surface area contributed by atoms with Crippen LogP contribution in [0.1, 0.15) is 226 Å². The highest BCUT2D eigenvalue weighted by Gasteiger charge is 2.28. The fourth-order valence-electron chi connectivity index (χ4n) is 6.93. The van der Waals surface area contributed by atoms with Crippen LogP contribution in [0, 0.1) is 0 Å². The van der Waals surface area contributed by atoms with Crippen LogP contribution in [0.15, 0.2) is 0 Å². The van der Waals surface area contributed by atoms with E-state index in [9.17, 15) is 19.4 Å². The Morgan fingerprint density at radius 3 is 1.26 bits per heavy atom. The third-order valence-electron chi connectivity index (χ3n) is 10.6. The highest BCUT2D eigenvalue weighted by atomic mass is 31.2. The number of aliphatic hydroxyl groups excluding tert-OH is 1. The van der Waals surface area contributed by atoms with E-state index < -0.39 is 20.0 Å². The van der Waals surface area contributed by atoms with Crippen molar-refractivity contribution in [3.05, 3.63) is 0 Å². The van der Waals surface area contributed by atoms with Crippen LogP contribution < -0.4 is 5.32 Å². The monoisotopic (exact) mass is 776 g/mol. The molecule has 0 aromatic heterocycles. The number of hydrogen-bond donors (Lipinski definition) is 3. The molecule has 3 N–H and O–H groups in total. The maximum absolute atomic E-state index is 12.9. The van der Waals surface area contributed by atoms with Crippen molar-refractivity contribution in [1.29, 1.82) is 0 Å². The van der Waals surface area contributed by atoms with Crippen molar-refractivity contribution in [3.63, 3.8) is 0 Å². The van der Waals surface area contributed by atoms with Gasteiger partial charge in [-0.15, -0.1) is 0 Å². The number of carbonyl (C=O) groups excluding carboxylic acids is 1. The van der Waals surface area contributed by atoms with Crippen molar-refractivity contribution in [2.75, 3.05) is 40.9 Å². The number of nitrogens with one attached hydrogen (secondary N) is 1. The molecule has 8 nitrogen and oxygen atoms in total. The zero-order valence-electron chi connectivity index (χ0n) is 36.0. The molecule has 0 aliphatic carbocycles. The Morgan fingerprint density at radius 1 is 0.566 bits per heavy atom. The van der Waals surface area contributed by atoms with Gasteiger partial charge in [0.1, 0.15) is 13.2 Å². The predicted octanol–water partition coefficient (Wildman–Crippen LogP) is 12.6. The molecule has 0 fully saturated rings. The number of unbranched alkanes of at least 4 members (excludes halogenated alkanes) is 29. The molecular formula is C44H92N2O6P+. The maximum Gasteiger partial charge on any atom is 0.472 e. The highest BCUT2D eigenvalue weighted by Crippen LogP contribution is 2.43. The summed E-state index contributed by atoms with van der Waals surface area (Å²) >= 11 is 0. The second-order valence-electron chi connectivity index (χ2n) is 17.1. The number of aliphatic hydroxyl groups is 1. The molecule has 0 saturated carbocycles. The van der Waals surface area contributed by atoms with Gasteiger partial charge >= 0.3 is 7.82 Å². The van der Waals surface area contributed by atoms with E-state index in [-0.39, 0.29) is 19.1 Å². The molecule has 0 aliphatic rings. The number of likely N-dealkylation sites (N-methyl/N-ethyl adjacent to an activating group) is 1. The van der Waals surface area contributed by atoms with Crippen LogP contribution >= 0.6 is 7.82 Å². The van der Waals surface area contributed by atoms with Crippen LogP contribution in [0.5, 0.6) is 0 Å². The summed E-state index contributed by atoms with van der Waals surface area (Å²) in [6.45, 7) is 4.90. The molecule has 0 saturated heterocycles. The summed E-state index contributed by atoms with van der Waals surface area (Å²) < 4.78 is 23.6. The minimum atomic E-state index is -4.30. The lowest BCUT2D eigenvalue weighted by Gasteiger charge is -2.26. The summed E-state index contributed by atoms with van der Waals surface area (Å²) in [5.41, 5.74) is 0. The molecule has 3 unspecified atom stereocenters. The molecule has 0 spiro atoms. The Labute approximate surface area is 329 Å². The Bertz CT molecular complexity index is 839. The van der Waals surface area contributed by atoms with Crippen LogP contribution in [-0.4, -0.2) is 73.4 Å². The fraction of sp³-hybridized carbons (Fsp3) is 0.977. The quantitative estimate of drug-likeness (QED) is 0.0324. The average molecular weight is 776 g/mol. The van der Waals surface area contributed by atoms with Gasteiger partial charge in [0.05, 0.1) is 39.9 Å². The normalized spacial score (nSPS) is 14.3. The van der Waals surface area contributed by atoms with Gasteiger partial charge in [0.15, 0.2) is 0 Å². The van der Waals surface area contributed by atoms with Crippen LogP contribution in [0.25, 0.3) is 0 Å². The fourth-order valence-corrected chi connectivity index (χ4v) is 7.67. The first-order valence-electron chi connectivity index (χ1n) is 22.9. The first-order chi connectivity index (χ1) is 25.5. The maximum atomic E-state index is 12.9. The lowest BCUT2D eigenvalue weighted by atomic mass is 10.0. The standard InChI is InChI=1S/C44H91N2O6P/c1-6-8-10-12-14-16-18-20-21-22-23-24-25-26-27-29-31-33-35-37-43(47)42(41-52-53(49,50)51-40-39-46(3,4)5)45-44(48)38-36-34-32-30-28-19-17-15-13-11-9-7-2/h42-43,47H,6-41H2,1-5H3,(H-,45,48,49,50)/p+1. The number of quaternary nitrogens is 1. The number of rotatable bonds is 42. The summed E-state index contributed by atoms with van der Waals surface area (Å²) in [6.07, 6.45) is 39.8. The summed E-state index contributed by atoms with van der Waals surface area (Å²) in [6, 6.07) is -0.752. The predicted molar refractivity (Wildman–Crippen MR) is 226 cm³/mol. The summed E-state index contributed by atoms with van der Waals surface area (Å²) in [5.74, 6) is -0.142. The van der Waals surface area contributed by atoms with Gasteiger partial charge in [0.2, 0.25) is 5.91 Å². The summed E-state index contributed by atoms with van der Waals surface area (Å²) in [7, 11) is 1.63. The first kappa shape index (κ1) is 52.5. The third kappa shape index (κ3) is 39.5. The van der Waals surface area contributed by atoms with E-state index in [2.05, 4.69) is 19.2 Å². The third-order valence-corrected chi connectivity index (χ3v) is 11.6. The Kier molecular flexibility index (Phi) is 36.7. The van der Waals surface area contributed by atoms with Crippen LogP contribution in [-0.2, 0) is 18.4 Å². The molecule has 0 aliphatic heterocycles. The van der Waals surface area contributed by atoms with Crippen molar-refractivity contribution in [2.24, 2.45) is 0 Å². The Balaban J connectivity index is 4.28. The number of phosphoric acid groups is 1.